The van der Waals surface area contributed by atoms with Crippen molar-refractivity contribution in [1.82, 2.24) is 10.2 Å². The van der Waals surface area contributed by atoms with Gasteiger partial charge in [0.05, 0.1) is 12.6 Å². The van der Waals surface area contributed by atoms with E-state index in [0.29, 0.717) is 19.0 Å². The van der Waals surface area contributed by atoms with Crippen molar-refractivity contribution in [3.63, 3.8) is 0 Å². The summed E-state index contributed by atoms with van der Waals surface area (Å²) >= 11 is 0. The second kappa shape index (κ2) is 4.63. The summed E-state index contributed by atoms with van der Waals surface area (Å²) in [7, 11) is 0. The molecule has 1 aliphatic heterocycles. The average molecular weight is 234 g/mol. The van der Waals surface area contributed by atoms with Crippen molar-refractivity contribution in [3.8, 4) is 0 Å². The highest BCUT2D eigenvalue weighted by atomic mass is 19.3. The number of alkyl halides is 2. The molecule has 1 saturated heterocycles. The summed E-state index contributed by atoms with van der Waals surface area (Å²) in [5, 5.41) is 12.2. The first kappa shape index (κ1) is 11.7. The van der Waals surface area contributed by atoms with Crippen molar-refractivity contribution >= 4 is 5.91 Å². The van der Waals surface area contributed by atoms with Crippen molar-refractivity contribution in [2.75, 3.05) is 13.1 Å². The number of hydrogen-bond donors (Lipinski definition) is 2. The number of carbonyl (C=O) groups is 1. The summed E-state index contributed by atoms with van der Waals surface area (Å²) < 4.78 is 24.2. The molecule has 0 spiro atoms. The van der Waals surface area contributed by atoms with E-state index in [1.807, 2.05) is 0 Å². The van der Waals surface area contributed by atoms with Crippen LogP contribution in [0.25, 0.3) is 0 Å². The Morgan fingerprint density at radius 1 is 1.44 bits per heavy atom. The van der Waals surface area contributed by atoms with Crippen molar-refractivity contribution in [3.05, 3.63) is 0 Å². The minimum atomic E-state index is -2.79. The Bertz CT molecular complexity index is 272. The van der Waals surface area contributed by atoms with Crippen molar-refractivity contribution in [2.24, 2.45) is 0 Å². The van der Waals surface area contributed by atoms with Gasteiger partial charge in [-0.05, 0) is 19.3 Å². The maximum absolute atomic E-state index is 12.1. The van der Waals surface area contributed by atoms with Gasteiger partial charge in [-0.3, -0.25) is 4.79 Å². The Morgan fingerprint density at radius 3 is 2.69 bits per heavy atom. The van der Waals surface area contributed by atoms with Gasteiger partial charge in [-0.15, -0.1) is 0 Å². The summed E-state index contributed by atoms with van der Waals surface area (Å²) in [5.41, 5.74) is 0. The van der Waals surface area contributed by atoms with Crippen LogP contribution in [-0.4, -0.2) is 53.6 Å². The SMILES string of the molecule is O=C1C(NC2CC2)CCN1CC(O)C(F)F. The highest BCUT2D eigenvalue weighted by Crippen LogP contribution is 2.22. The second-order valence-corrected chi connectivity index (χ2v) is 4.47. The van der Waals surface area contributed by atoms with Crippen LogP contribution in [0.5, 0.6) is 0 Å². The Hall–Kier alpha value is -0.750. The molecule has 92 valence electrons. The zero-order valence-electron chi connectivity index (χ0n) is 8.90. The third kappa shape index (κ3) is 2.68. The highest BCUT2D eigenvalue weighted by molar-refractivity contribution is 5.84. The molecular formula is C10H16F2N2O2. The van der Waals surface area contributed by atoms with Crippen LogP contribution >= 0.6 is 0 Å². The van der Waals surface area contributed by atoms with Gasteiger partial charge >= 0.3 is 0 Å². The molecule has 1 heterocycles. The molecular weight excluding hydrogens is 218 g/mol. The number of aliphatic hydroxyl groups excluding tert-OH is 1. The number of hydrogen-bond acceptors (Lipinski definition) is 3. The number of likely N-dealkylation sites (tertiary alicyclic amines) is 1. The van der Waals surface area contributed by atoms with E-state index in [1.165, 1.54) is 4.90 Å². The first-order valence-electron chi connectivity index (χ1n) is 5.59. The predicted octanol–water partition coefficient (Wildman–Crippen LogP) is -0.0347. The van der Waals surface area contributed by atoms with Gasteiger partial charge < -0.3 is 15.3 Å². The Morgan fingerprint density at radius 2 is 2.12 bits per heavy atom. The van der Waals surface area contributed by atoms with Crippen molar-refractivity contribution in [1.29, 1.82) is 0 Å². The molecule has 2 atom stereocenters. The number of carbonyl (C=O) groups excluding carboxylic acids is 1. The van der Waals surface area contributed by atoms with Crippen LogP contribution in [0.2, 0.25) is 0 Å². The molecule has 1 saturated carbocycles. The lowest BCUT2D eigenvalue weighted by Gasteiger charge is -2.20. The molecule has 0 aromatic rings. The summed E-state index contributed by atoms with van der Waals surface area (Å²) in [6.07, 6.45) is -1.70. The predicted molar refractivity (Wildman–Crippen MR) is 53.2 cm³/mol. The van der Waals surface area contributed by atoms with Gasteiger partial charge in [-0.2, -0.15) is 0 Å². The normalized spacial score (nSPS) is 27.9. The fourth-order valence-electron chi connectivity index (χ4n) is 1.91. The molecule has 0 bridgehead atoms. The number of aliphatic hydroxyl groups is 1. The third-order valence-electron chi connectivity index (χ3n) is 3.01. The molecule has 16 heavy (non-hydrogen) atoms. The lowest BCUT2D eigenvalue weighted by molar-refractivity contribution is -0.132. The van der Waals surface area contributed by atoms with Gasteiger partial charge in [0.2, 0.25) is 5.91 Å². The van der Waals surface area contributed by atoms with E-state index in [9.17, 15) is 13.6 Å². The highest BCUT2D eigenvalue weighted by Gasteiger charge is 2.36. The summed E-state index contributed by atoms with van der Waals surface area (Å²) in [4.78, 5) is 13.1. The van der Waals surface area contributed by atoms with Crippen LogP contribution in [-0.2, 0) is 4.79 Å². The number of nitrogens with one attached hydrogen (secondary N) is 1. The summed E-state index contributed by atoms with van der Waals surface area (Å²) in [5.74, 6) is -0.161. The third-order valence-corrected chi connectivity index (χ3v) is 3.01. The van der Waals surface area contributed by atoms with E-state index in [-0.39, 0.29) is 18.5 Å². The molecule has 0 aromatic heterocycles. The molecule has 2 unspecified atom stereocenters. The van der Waals surface area contributed by atoms with E-state index in [4.69, 9.17) is 5.11 Å². The fraction of sp³-hybridized carbons (Fsp3) is 0.900. The van der Waals surface area contributed by atoms with Gasteiger partial charge in [-0.25, -0.2) is 8.78 Å². The maximum Gasteiger partial charge on any atom is 0.265 e. The van der Waals surface area contributed by atoms with Crippen LogP contribution in [0, 0.1) is 0 Å². The molecule has 2 aliphatic rings. The van der Waals surface area contributed by atoms with Crippen molar-refractivity contribution in [2.45, 2.75) is 43.9 Å². The molecule has 6 heteroatoms. The summed E-state index contributed by atoms with van der Waals surface area (Å²) in [6.45, 7) is 0.187. The topological polar surface area (TPSA) is 52.6 Å². The number of β-amino-alcohol motifs (C(OH)–C–C–N with tert-alkyl or cyclic N) is 1. The van der Waals surface area contributed by atoms with E-state index in [2.05, 4.69) is 5.32 Å². The van der Waals surface area contributed by atoms with Gasteiger partial charge in [-0.1, -0.05) is 0 Å². The van der Waals surface area contributed by atoms with E-state index >= 15 is 0 Å². The zero-order chi connectivity index (χ0) is 11.7. The number of rotatable bonds is 5. The van der Waals surface area contributed by atoms with Crippen LogP contribution in [0.15, 0.2) is 0 Å². The lowest BCUT2D eigenvalue weighted by atomic mass is 10.2. The minimum Gasteiger partial charge on any atom is -0.385 e. The zero-order valence-corrected chi connectivity index (χ0v) is 8.90. The molecule has 0 aromatic carbocycles. The number of amides is 1. The van der Waals surface area contributed by atoms with E-state index in [0.717, 1.165) is 12.8 Å². The first-order chi connectivity index (χ1) is 7.58. The largest absolute Gasteiger partial charge is 0.385 e. The molecule has 4 nitrogen and oxygen atoms in total. The average Bonchev–Trinajstić information content (AvgIpc) is 2.98. The monoisotopic (exact) mass is 234 g/mol. The van der Waals surface area contributed by atoms with Crippen LogP contribution in [0.1, 0.15) is 19.3 Å². The number of nitrogens with zero attached hydrogens (tertiary/aromatic N) is 1. The van der Waals surface area contributed by atoms with Gasteiger partial charge in [0, 0.05) is 12.6 Å². The Labute approximate surface area is 92.6 Å². The van der Waals surface area contributed by atoms with Gasteiger partial charge in [0.15, 0.2) is 0 Å². The molecule has 1 amide bonds. The first-order valence-corrected chi connectivity index (χ1v) is 5.59. The Balaban J connectivity index is 1.81. The second-order valence-electron chi connectivity index (χ2n) is 4.47. The van der Waals surface area contributed by atoms with Gasteiger partial charge in [0.25, 0.3) is 6.43 Å². The molecule has 0 radical (unpaired) electrons. The van der Waals surface area contributed by atoms with Gasteiger partial charge in [0.1, 0.15) is 6.10 Å². The number of halogens is 2. The van der Waals surface area contributed by atoms with Crippen LogP contribution < -0.4 is 5.32 Å². The smallest absolute Gasteiger partial charge is 0.265 e. The fourth-order valence-corrected chi connectivity index (χ4v) is 1.91. The minimum absolute atomic E-state index is 0.161. The standard InChI is InChI=1S/C10H16F2N2O2/c11-9(12)8(15)5-14-4-3-7(10(14)16)13-6-1-2-6/h6-9,13,15H,1-5H2. The van der Waals surface area contributed by atoms with Crippen LogP contribution in [0.3, 0.4) is 0 Å². The maximum atomic E-state index is 12.1. The lowest BCUT2D eigenvalue weighted by Crippen LogP contribution is -2.43. The van der Waals surface area contributed by atoms with E-state index < -0.39 is 12.5 Å². The quantitative estimate of drug-likeness (QED) is 0.702. The van der Waals surface area contributed by atoms with E-state index in [1.54, 1.807) is 0 Å². The summed E-state index contributed by atoms with van der Waals surface area (Å²) in [6, 6.07) is 0.186. The molecule has 2 N–H and O–H groups in total. The molecule has 2 rings (SSSR count). The Kier molecular flexibility index (Phi) is 3.39. The molecule has 1 aliphatic carbocycles. The van der Waals surface area contributed by atoms with Crippen LogP contribution in [0.4, 0.5) is 8.78 Å². The molecule has 2 fully saturated rings. The van der Waals surface area contributed by atoms with Crippen molar-refractivity contribution < 1.29 is 18.7 Å².